The summed E-state index contributed by atoms with van der Waals surface area (Å²) in [5, 5.41) is 72.9. The Bertz CT molecular complexity index is 1750. The Labute approximate surface area is 344 Å². The number of rotatable bonds is 7. The molecule has 59 heavy (non-hydrogen) atoms. The van der Waals surface area contributed by atoms with Crippen molar-refractivity contribution in [3.05, 3.63) is 11.6 Å². The third-order valence-electron chi connectivity index (χ3n) is 17.4. The van der Waals surface area contributed by atoms with Crippen LogP contribution in [0.4, 0.5) is 0 Å². The quantitative estimate of drug-likeness (QED) is 0.144. The third-order valence-corrected chi connectivity index (χ3v) is 17.4. The predicted molar refractivity (Wildman–Crippen MR) is 204 cm³/mol. The van der Waals surface area contributed by atoms with Gasteiger partial charge in [-0.25, -0.2) is 9.59 Å². The number of methoxy groups -OCH3 is 1. The monoisotopic (exact) mass is 836 g/mol. The lowest BCUT2D eigenvalue weighted by molar-refractivity contribution is -0.371. The van der Waals surface area contributed by atoms with Gasteiger partial charge in [0.25, 0.3) is 0 Å². The Balaban J connectivity index is 1.17. The Hall–Kier alpha value is -2.54. The molecule has 16 nitrogen and oxygen atoms in total. The Morgan fingerprint density at radius 1 is 0.712 bits per heavy atom. The maximum atomic E-state index is 14.9. The van der Waals surface area contributed by atoms with Crippen molar-refractivity contribution in [3.8, 4) is 0 Å². The molecule has 7 N–H and O–H groups in total. The lowest BCUT2D eigenvalue weighted by Gasteiger charge is -2.70. The van der Waals surface area contributed by atoms with Crippen LogP contribution in [0, 0.1) is 50.2 Å². The Morgan fingerprint density at radius 3 is 1.92 bits per heavy atom. The molecular weight excluding hydrogens is 772 g/mol. The van der Waals surface area contributed by atoms with E-state index < -0.39 is 101 Å². The fraction of sp³-hybridized carbons (Fsp3) is 0.860. The van der Waals surface area contributed by atoms with Crippen molar-refractivity contribution in [1.82, 2.24) is 0 Å². The van der Waals surface area contributed by atoms with E-state index in [4.69, 9.17) is 23.7 Å². The van der Waals surface area contributed by atoms with Crippen molar-refractivity contribution in [1.29, 1.82) is 0 Å². The number of carbonyl (C=O) groups is 4. The van der Waals surface area contributed by atoms with Gasteiger partial charge in [0.1, 0.15) is 36.6 Å². The van der Waals surface area contributed by atoms with Crippen molar-refractivity contribution in [2.45, 2.75) is 174 Å². The SMILES string of the molecule is COC(=O)C1(C)CC[C@]2(C)CC[C@]3(C)C(=CC(=O)C4[C@@]5(C)CC[C@H](O[C@@H]6O[C@H](C(=O)O)[C@@H](O)[C@H](O)[C@H]6O[C@@H]6O[C@H](C(=O)O)[C@@H](O)[C@H](O)[C@H]6O)C(C)(C)C5CC[C@]43C)C2C1. The van der Waals surface area contributed by atoms with E-state index in [-0.39, 0.29) is 40.3 Å². The molecule has 6 fully saturated rings. The standard InChI is InChI=1S/C43H64O16/c1-38(2)22-9-12-43(7)32(21(44)17-19-20-18-40(4,37(54)55-8)14-13-39(20,3)15-16-42(19,43)6)41(22,5)11-10-23(38)56-36-31(27(48)26(47)30(58-36)34(52)53)59-35-28(49)24(45)25(46)29(57-35)33(50)51/h17,20,22-32,35-36,45-49H,9-16,18H2,1-8H3,(H,50,51)(H,52,53)/t20?,22?,23-,24-,25-,26-,27-,28+,29-,30-,31+,32?,35-,36+,39+,40?,41-,42+,43+/m0/s1. The van der Waals surface area contributed by atoms with Crippen LogP contribution >= 0.6 is 0 Å². The lowest BCUT2D eigenvalue weighted by Crippen LogP contribution is -2.68. The number of aliphatic hydroxyl groups excluding tert-OH is 5. The number of hydrogen-bond donors (Lipinski definition) is 7. The maximum Gasteiger partial charge on any atom is 0.335 e. The van der Waals surface area contributed by atoms with Crippen molar-refractivity contribution in [3.63, 3.8) is 0 Å². The largest absolute Gasteiger partial charge is 0.479 e. The zero-order valence-electron chi connectivity index (χ0n) is 35.3. The van der Waals surface area contributed by atoms with Gasteiger partial charge in [-0.2, -0.15) is 0 Å². The predicted octanol–water partition coefficient (Wildman–Crippen LogP) is 2.33. The minimum atomic E-state index is -2.04. The molecule has 2 aliphatic heterocycles. The van der Waals surface area contributed by atoms with E-state index in [1.807, 2.05) is 26.8 Å². The molecule has 0 spiro atoms. The molecule has 16 heteroatoms. The van der Waals surface area contributed by atoms with Crippen LogP contribution in [0.25, 0.3) is 0 Å². The number of allylic oxidation sites excluding steroid dienone is 2. The Morgan fingerprint density at radius 2 is 1.31 bits per heavy atom. The molecule has 5 aliphatic carbocycles. The van der Waals surface area contributed by atoms with E-state index in [2.05, 4.69) is 27.7 Å². The van der Waals surface area contributed by atoms with E-state index in [9.17, 15) is 54.9 Å². The summed E-state index contributed by atoms with van der Waals surface area (Å²) in [4.78, 5) is 52.0. The molecule has 0 bridgehead atoms. The highest BCUT2D eigenvalue weighted by atomic mass is 16.8. The molecule has 0 radical (unpaired) electrons. The summed E-state index contributed by atoms with van der Waals surface area (Å²) in [5.74, 6) is -3.71. The molecule has 0 aromatic rings. The molecule has 0 aromatic carbocycles. The minimum Gasteiger partial charge on any atom is -0.479 e. The van der Waals surface area contributed by atoms with E-state index in [1.165, 1.54) is 12.7 Å². The first-order valence-electron chi connectivity index (χ1n) is 21.1. The number of hydrogen-bond acceptors (Lipinski definition) is 14. The van der Waals surface area contributed by atoms with E-state index in [1.54, 1.807) is 0 Å². The number of ether oxygens (including phenoxy) is 5. The van der Waals surface area contributed by atoms with Gasteiger partial charge in [0.05, 0.1) is 18.6 Å². The zero-order chi connectivity index (χ0) is 43.6. The minimum absolute atomic E-state index is 0.0346. The number of esters is 1. The van der Waals surface area contributed by atoms with Crippen LogP contribution in [-0.2, 0) is 42.9 Å². The second-order valence-corrected chi connectivity index (χ2v) is 20.8. The highest BCUT2D eigenvalue weighted by Gasteiger charge is 2.71. The first-order valence-corrected chi connectivity index (χ1v) is 21.1. The number of carboxylic acid groups (broad SMARTS) is 2. The third kappa shape index (κ3) is 6.56. The summed E-state index contributed by atoms with van der Waals surface area (Å²) in [6.07, 6.45) is -11.6. The van der Waals surface area contributed by atoms with Crippen LogP contribution in [0.3, 0.4) is 0 Å². The second kappa shape index (κ2) is 14.8. The summed E-state index contributed by atoms with van der Waals surface area (Å²) in [6, 6.07) is 0. The Kier molecular flexibility index (Phi) is 11.2. The van der Waals surface area contributed by atoms with E-state index in [0.717, 1.165) is 38.5 Å². The fourth-order valence-corrected chi connectivity index (χ4v) is 13.6. The molecule has 4 saturated carbocycles. The smallest absolute Gasteiger partial charge is 0.335 e. The highest BCUT2D eigenvalue weighted by molar-refractivity contribution is 5.95. The van der Waals surface area contributed by atoms with Gasteiger partial charge in [0.15, 0.2) is 30.6 Å². The molecule has 2 heterocycles. The summed E-state index contributed by atoms with van der Waals surface area (Å²) in [7, 11) is 1.44. The lowest BCUT2D eigenvalue weighted by atomic mass is 9.33. The van der Waals surface area contributed by atoms with Crippen LogP contribution in [0.5, 0.6) is 0 Å². The molecule has 19 atom stereocenters. The number of aliphatic carboxylic acids is 2. The first-order chi connectivity index (χ1) is 27.3. The molecule has 0 aromatic heterocycles. The fourth-order valence-electron chi connectivity index (χ4n) is 13.6. The van der Waals surface area contributed by atoms with Crippen LogP contribution in [0.1, 0.15) is 106 Å². The van der Waals surface area contributed by atoms with Crippen molar-refractivity contribution < 1.29 is 78.6 Å². The number of fused-ring (bicyclic) bond motifs is 7. The van der Waals surface area contributed by atoms with Gasteiger partial charge >= 0.3 is 17.9 Å². The maximum absolute atomic E-state index is 14.9. The van der Waals surface area contributed by atoms with Crippen molar-refractivity contribution in [2.24, 2.45) is 50.2 Å². The van der Waals surface area contributed by atoms with Gasteiger partial charge in [-0.3, -0.25) is 9.59 Å². The van der Waals surface area contributed by atoms with Gasteiger partial charge in [0.2, 0.25) is 0 Å². The van der Waals surface area contributed by atoms with Gasteiger partial charge in [-0.1, -0.05) is 47.1 Å². The summed E-state index contributed by atoms with van der Waals surface area (Å²) in [5.41, 5.74) is -1.36. The van der Waals surface area contributed by atoms with Crippen LogP contribution < -0.4 is 0 Å². The summed E-state index contributed by atoms with van der Waals surface area (Å²) in [6.45, 7) is 15.2. The second-order valence-electron chi connectivity index (χ2n) is 20.8. The summed E-state index contributed by atoms with van der Waals surface area (Å²) < 4.78 is 28.7. The number of carboxylic acids is 2. The average molecular weight is 837 g/mol. The van der Waals surface area contributed by atoms with E-state index in [0.29, 0.717) is 19.3 Å². The van der Waals surface area contributed by atoms with Gasteiger partial charge in [-0.05, 0) is 110 Å². The highest BCUT2D eigenvalue weighted by Crippen LogP contribution is 2.75. The van der Waals surface area contributed by atoms with E-state index >= 15 is 0 Å². The number of ketones is 1. The molecule has 7 aliphatic rings. The summed E-state index contributed by atoms with van der Waals surface area (Å²) >= 11 is 0. The van der Waals surface area contributed by atoms with Gasteiger partial charge in [0, 0.05) is 5.92 Å². The molecule has 332 valence electrons. The number of carbonyl (C=O) groups excluding carboxylic acids is 2. The van der Waals surface area contributed by atoms with Crippen molar-refractivity contribution in [2.75, 3.05) is 7.11 Å². The van der Waals surface area contributed by atoms with Gasteiger partial charge < -0.3 is 59.4 Å². The first kappa shape index (κ1) is 44.5. The topological polar surface area (TPSA) is 256 Å². The van der Waals surface area contributed by atoms with Gasteiger partial charge in [-0.15, -0.1) is 0 Å². The molecular formula is C43H64O16. The molecule has 7 rings (SSSR count). The van der Waals surface area contributed by atoms with Crippen LogP contribution in [0.15, 0.2) is 11.6 Å². The van der Waals surface area contributed by atoms with Crippen LogP contribution in [0.2, 0.25) is 0 Å². The molecule has 4 unspecified atom stereocenters. The normalized spacial score (nSPS) is 51.8. The number of aliphatic hydroxyl groups is 5. The average Bonchev–Trinajstić information content (AvgIpc) is 3.16. The molecule has 0 amide bonds. The van der Waals surface area contributed by atoms with Crippen LogP contribution in [-0.4, -0.2) is 134 Å². The molecule has 2 saturated heterocycles. The van der Waals surface area contributed by atoms with Crippen molar-refractivity contribution >= 4 is 23.7 Å². The zero-order valence-corrected chi connectivity index (χ0v) is 35.3.